The van der Waals surface area contributed by atoms with Crippen LogP contribution in [0.1, 0.15) is 36.0 Å². The number of hydrogen-bond acceptors (Lipinski definition) is 6. The first-order valence-corrected chi connectivity index (χ1v) is 11.3. The lowest BCUT2D eigenvalue weighted by atomic mass is 10.1. The molecule has 0 saturated carbocycles. The molecule has 3 rings (SSSR count). The molecule has 0 radical (unpaired) electrons. The number of amides is 1. The van der Waals surface area contributed by atoms with Crippen molar-refractivity contribution < 1.29 is 41.4 Å². The number of carbonyl (C=O) groups is 2. The van der Waals surface area contributed by atoms with Crippen LogP contribution in [0.4, 0.5) is 27.8 Å². The van der Waals surface area contributed by atoms with E-state index in [4.69, 9.17) is 17.3 Å². The van der Waals surface area contributed by atoms with Gasteiger partial charge in [-0.3, -0.25) is 14.5 Å². The minimum Gasteiger partial charge on any atom is -0.481 e. The predicted molar refractivity (Wildman–Crippen MR) is 121 cm³/mol. The largest absolute Gasteiger partial charge is 0.481 e. The SMILES string of the molecule is O=C(O)CCCCN(C(=O)c1ccc(OC(F)(F)CC(F)(F)F)cc1)c1ccc2[nH]c(=S)sc2n1. The number of pyridine rings is 1. The van der Waals surface area contributed by atoms with Crippen molar-refractivity contribution in [2.24, 2.45) is 0 Å². The molecule has 2 heterocycles. The Hall–Kier alpha value is -3.13. The number of benzene rings is 1. The number of nitrogens with zero attached hydrogens (tertiary/aromatic N) is 2. The molecule has 14 heteroatoms. The lowest BCUT2D eigenvalue weighted by molar-refractivity contribution is -0.255. The molecule has 0 bridgehead atoms. The Bertz CT molecular complexity index is 1260. The summed E-state index contributed by atoms with van der Waals surface area (Å²) in [5.74, 6) is -1.83. The van der Waals surface area contributed by atoms with E-state index in [9.17, 15) is 31.5 Å². The molecular weight excluding hydrogens is 517 g/mol. The van der Waals surface area contributed by atoms with Crippen LogP contribution in [0.2, 0.25) is 0 Å². The van der Waals surface area contributed by atoms with Crippen molar-refractivity contribution in [1.82, 2.24) is 9.97 Å². The number of halogens is 5. The number of hydrogen-bond donors (Lipinski definition) is 2. The fraction of sp³-hybridized carbons (Fsp3) is 0.333. The van der Waals surface area contributed by atoms with E-state index in [0.29, 0.717) is 27.1 Å². The Morgan fingerprint density at radius 2 is 1.77 bits per heavy atom. The molecule has 1 amide bonds. The Morgan fingerprint density at radius 1 is 1.09 bits per heavy atom. The average molecular weight is 536 g/mol. The number of carboxylic acids is 1. The number of carbonyl (C=O) groups excluding carboxylic acids is 1. The van der Waals surface area contributed by atoms with Crippen LogP contribution in [0.25, 0.3) is 10.3 Å². The topological polar surface area (TPSA) is 95.5 Å². The number of fused-ring (bicyclic) bond motifs is 1. The smallest absolute Gasteiger partial charge is 0.406 e. The minimum atomic E-state index is -5.12. The van der Waals surface area contributed by atoms with Crippen LogP contribution in [-0.2, 0) is 4.79 Å². The van der Waals surface area contributed by atoms with Crippen molar-refractivity contribution >= 4 is 51.6 Å². The number of aliphatic carboxylic acids is 1. The third-order valence-corrected chi connectivity index (χ3v) is 5.73. The van der Waals surface area contributed by atoms with Crippen molar-refractivity contribution in [2.45, 2.75) is 38.0 Å². The molecule has 2 N–H and O–H groups in total. The zero-order chi connectivity index (χ0) is 25.8. The first-order valence-electron chi connectivity index (χ1n) is 10.1. The number of nitrogens with one attached hydrogen (secondary N) is 1. The quantitative estimate of drug-likeness (QED) is 0.183. The first-order chi connectivity index (χ1) is 16.3. The number of H-pyrrole nitrogens is 1. The van der Waals surface area contributed by atoms with E-state index in [1.54, 1.807) is 12.1 Å². The van der Waals surface area contributed by atoms with Crippen molar-refractivity contribution in [1.29, 1.82) is 0 Å². The summed E-state index contributed by atoms with van der Waals surface area (Å²) in [4.78, 5) is 33.2. The van der Waals surface area contributed by atoms with Gasteiger partial charge in [-0.05, 0) is 61.5 Å². The Balaban J connectivity index is 1.81. The molecule has 0 aliphatic rings. The normalized spacial score (nSPS) is 12.0. The van der Waals surface area contributed by atoms with Gasteiger partial charge in [-0.2, -0.15) is 22.0 Å². The summed E-state index contributed by atoms with van der Waals surface area (Å²) in [5.41, 5.74) is 0.710. The van der Waals surface area contributed by atoms with Crippen LogP contribution in [-0.4, -0.2) is 45.8 Å². The van der Waals surface area contributed by atoms with Gasteiger partial charge in [-0.25, -0.2) is 4.98 Å². The fourth-order valence-electron chi connectivity index (χ4n) is 3.11. The molecule has 0 fully saturated rings. The van der Waals surface area contributed by atoms with Gasteiger partial charge in [0.25, 0.3) is 5.91 Å². The van der Waals surface area contributed by atoms with E-state index in [0.717, 1.165) is 24.3 Å². The van der Waals surface area contributed by atoms with Crippen LogP contribution >= 0.6 is 23.6 Å². The molecule has 1 aromatic carbocycles. The number of thiazole rings is 1. The third kappa shape index (κ3) is 7.68. The zero-order valence-electron chi connectivity index (χ0n) is 17.8. The predicted octanol–water partition coefficient (Wildman–Crippen LogP) is 6.18. The second-order valence-electron chi connectivity index (χ2n) is 7.40. The number of rotatable bonds is 10. The molecule has 0 aliphatic heterocycles. The Labute approximate surface area is 204 Å². The summed E-state index contributed by atoms with van der Waals surface area (Å²) >= 11 is 6.30. The second kappa shape index (κ2) is 10.6. The van der Waals surface area contributed by atoms with Gasteiger partial charge < -0.3 is 14.8 Å². The molecule has 3 aromatic rings. The van der Waals surface area contributed by atoms with Gasteiger partial charge in [0, 0.05) is 18.5 Å². The van der Waals surface area contributed by atoms with Crippen molar-refractivity contribution in [3.63, 3.8) is 0 Å². The number of aromatic amines is 1. The van der Waals surface area contributed by atoms with Crippen LogP contribution in [0.5, 0.6) is 5.75 Å². The summed E-state index contributed by atoms with van der Waals surface area (Å²) < 4.78 is 68.5. The maximum atomic E-state index is 13.5. The van der Waals surface area contributed by atoms with Gasteiger partial charge in [0.1, 0.15) is 22.8 Å². The highest BCUT2D eigenvalue weighted by Crippen LogP contribution is 2.33. The molecule has 35 heavy (non-hydrogen) atoms. The van der Waals surface area contributed by atoms with E-state index in [1.807, 2.05) is 0 Å². The summed E-state index contributed by atoms with van der Waals surface area (Å²) in [7, 11) is 0. The van der Waals surface area contributed by atoms with Crippen molar-refractivity contribution in [2.75, 3.05) is 11.4 Å². The molecule has 0 saturated heterocycles. The van der Waals surface area contributed by atoms with Crippen molar-refractivity contribution in [3.8, 4) is 5.75 Å². The lowest BCUT2D eigenvalue weighted by Gasteiger charge is -2.22. The maximum Gasteiger partial charge on any atom is 0.406 e. The monoisotopic (exact) mass is 535 g/mol. The number of alkyl halides is 5. The van der Waals surface area contributed by atoms with E-state index in [-0.39, 0.29) is 24.3 Å². The maximum absolute atomic E-state index is 13.5. The minimum absolute atomic E-state index is 0.0401. The standard InChI is InChI=1S/C21H18F5N3O4S2/c22-20(23,24)11-21(25,26)33-13-6-4-12(5-7-13)18(32)29(10-2-1-3-16(30)31)15-9-8-14-17(28-15)35-19(34)27-14/h4-9H,1-3,10-11H2,(H,27,34)(H,30,31). The van der Waals surface area contributed by atoms with Crippen LogP contribution in [0, 0.1) is 3.95 Å². The molecular formula is C21H18F5N3O4S2. The molecule has 7 nitrogen and oxygen atoms in total. The fourth-order valence-corrected chi connectivity index (χ4v) is 4.16. The third-order valence-electron chi connectivity index (χ3n) is 4.59. The number of aromatic nitrogens is 2. The number of ether oxygens (including phenoxy) is 1. The summed E-state index contributed by atoms with van der Waals surface area (Å²) in [6.07, 6.45) is -11.5. The first kappa shape index (κ1) is 26.5. The van der Waals surface area contributed by atoms with Crippen molar-refractivity contribution in [3.05, 3.63) is 45.9 Å². The van der Waals surface area contributed by atoms with Crippen LogP contribution in [0.15, 0.2) is 36.4 Å². The molecule has 0 aliphatic carbocycles. The Morgan fingerprint density at radius 3 is 2.40 bits per heavy atom. The molecule has 2 aromatic heterocycles. The number of carboxylic acid groups (broad SMARTS) is 1. The van der Waals surface area contributed by atoms with Crippen LogP contribution < -0.4 is 9.64 Å². The summed E-state index contributed by atoms with van der Waals surface area (Å²) in [5, 5.41) is 8.84. The zero-order valence-corrected chi connectivity index (χ0v) is 19.4. The van der Waals surface area contributed by atoms with E-state index >= 15 is 0 Å². The highest BCUT2D eigenvalue weighted by molar-refractivity contribution is 7.73. The summed E-state index contributed by atoms with van der Waals surface area (Å²) in [6, 6.07) is 7.48. The molecule has 188 valence electrons. The van der Waals surface area contributed by atoms with Gasteiger partial charge in [0.2, 0.25) is 0 Å². The molecule has 0 atom stereocenters. The van der Waals surface area contributed by atoms with Gasteiger partial charge in [-0.15, -0.1) is 0 Å². The molecule has 0 spiro atoms. The lowest BCUT2D eigenvalue weighted by Crippen LogP contribution is -2.33. The number of anilines is 1. The summed E-state index contributed by atoms with van der Waals surface area (Å²) in [6.45, 7) is 0.113. The van der Waals surface area contributed by atoms with Gasteiger partial charge in [0.05, 0.1) is 5.52 Å². The van der Waals surface area contributed by atoms with E-state index < -0.39 is 36.3 Å². The average Bonchev–Trinajstić information content (AvgIpc) is 3.10. The van der Waals surface area contributed by atoms with Gasteiger partial charge >= 0.3 is 18.3 Å². The van der Waals surface area contributed by atoms with E-state index in [2.05, 4.69) is 14.7 Å². The van der Waals surface area contributed by atoms with Gasteiger partial charge in [0.15, 0.2) is 3.95 Å². The highest BCUT2D eigenvalue weighted by atomic mass is 32.1. The van der Waals surface area contributed by atoms with Crippen LogP contribution in [0.3, 0.4) is 0 Å². The van der Waals surface area contributed by atoms with Gasteiger partial charge in [-0.1, -0.05) is 11.3 Å². The number of unbranched alkanes of at least 4 members (excludes halogenated alkanes) is 1. The van der Waals surface area contributed by atoms with E-state index in [1.165, 1.54) is 16.2 Å². The second-order valence-corrected chi connectivity index (χ2v) is 9.07. The molecule has 0 unspecified atom stereocenters. The Kier molecular flexibility index (Phi) is 8.05. The highest BCUT2D eigenvalue weighted by Gasteiger charge is 2.45.